The van der Waals surface area contributed by atoms with Crippen LogP contribution in [-0.4, -0.2) is 0 Å². The molecule has 0 aliphatic heterocycles. The van der Waals surface area contributed by atoms with E-state index >= 15 is 0 Å². The van der Waals surface area contributed by atoms with Gasteiger partial charge in [-0.1, -0.05) is 84.3 Å². The minimum absolute atomic E-state index is 0. The molecule has 0 aromatic rings. The van der Waals surface area contributed by atoms with Crippen LogP contribution in [-0.2, 0) is 26.2 Å². The number of halogens is 2. The summed E-state index contributed by atoms with van der Waals surface area (Å²) < 4.78 is 0. The van der Waals surface area contributed by atoms with Crippen LogP contribution in [0.15, 0.2) is 36.0 Å². The summed E-state index contributed by atoms with van der Waals surface area (Å²) in [5.41, 5.74) is 2.39. The molecule has 3 aliphatic rings. The number of fused-ring (bicyclic) bond motifs is 1. The molecule has 0 heterocycles. The van der Waals surface area contributed by atoms with E-state index in [1.165, 1.54) is 18.4 Å². The van der Waals surface area contributed by atoms with Crippen LogP contribution in [0, 0.1) is 40.4 Å². The van der Waals surface area contributed by atoms with Crippen LogP contribution in [0.1, 0.15) is 54.4 Å². The van der Waals surface area contributed by atoms with Crippen molar-refractivity contribution in [1.82, 2.24) is 0 Å². The summed E-state index contributed by atoms with van der Waals surface area (Å²) >= 11 is 0. The maximum Gasteiger partial charge on any atom is 3.00 e. The summed E-state index contributed by atoms with van der Waals surface area (Å²) in [6.45, 7) is 14.3. The molecule has 1 fully saturated rings. The summed E-state index contributed by atoms with van der Waals surface area (Å²) in [5.74, 6) is 2.11. The molecule has 0 saturated heterocycles. The fraction of sp³-hybridized carbons (Fsp3) is 0.667. The molecule has 4 atom stereocenters. The van der Waals surface area contributed by atoms with Gasteiger partial charge in [0, 0.05) is 5.92 Å². The van der Waals surface area contributed by atoms with Crippen LogP contribution >= 0.6 is 0 Å². The largest absolute Gasteiger partial charge is 3.00 e. The third-order valence-corrected chi connectivity index (χ3v) is 6.29. The van der Waals surface area contributed by atoms with Crippen LogP contribution in [0.25, 0.3) is 0 Å². The zero-order chi connectivity index (χ0) is 15.5. The molecule has 0 amide bonds. The van der Waals surface area contributed by atoms with E-state index in [9.17, 15) is 0 Å². The van der Waals surface area contributed by atoms with E-state index in [-0.39, 0.29) is 61.8 Å². The Morgan fingerprint density at radius 3 is 2.25 bits per heavy atom. The van der Waals surface area contributed by atoms with Gasteiger partial charge in [0.2, 0.25) is 0 Å². The van der Waals surface area contributed by atoms with Crippen molar-refractivity contribution >= 4 is 0 Å². The van der Waals surface area contributed by atoms with Crippen molar-refractivity contribution in [2.24, 2.45) is 34.0 Å². The molecule has 0 N–H and O–H groups in total. The standard InChI is InChI=1S/C21H31.2ClH.Zr/c1-19(2,3)15-10-11-16(14-15)21(6)13-12-20(4,5)17-8-7-9-18(17)21;;;/h8,10-14,16-18H,7,9H2,1-6H3;2*1H;/q-1;;;+3/p-2. The Morgan fingerprint density at radius 1 is 1.08 bits per heavy atom. The molecule has 4 unspecified atom stereocenters. The fourth-order valence-electron chi connectivity index (χ4n) is 4.71. The van der Waals surface area contributed by atoms with Gasteiger partial charge in [0.25, 0.3) is 0 Å². The first-order valence-electron chi connectivity index (χ1n) is 8.59. The van der Waals surface area contributed by atoms with Crippen molar-refractivity contribution in [2.75, 3.05) is 0 Å². The summed E-state index contributed by atoms with van der Waals surface area (Å²) in [6.07, 6.45) is 17.7. The van der Waals surface area contributed by atoms with Crippen molar-refractivity contribution in [3.05, 3.63) is 42.4 Å². The molecule has 1 saturated carbocycles. The molecule has 1 radical (unpaired) electrons. The average Bonchev–Trinajstić information content (AvgIpc) is 3.02. The molecule has 133 valence electrons. The van der Waals surface area contributed by atoms with Crippen LogP contribution in [0.5, 0.6) is 0 Å². The van der Waals surface area contributed by atoms with Gasteiger partial charge in [0.05, 0.1) is 0 Å². The predicted octanol–water partition coefficient (Wildman–Crippen LogP) is -0.0168. The molecule has 0 aromatic carbocycles. The number of allylic oxidation sites excluding steroid dienone is 6. The Morgan fingerprint density at radius 2 is 1.71 bits per heavy atom. The Labute approximate surface area is 181 Å². The van der Waals surface area contributed by atoms with E-state index in [2.05, 4.69) is 78.3 Å². The Kier molecular flexibility index (Phi) is 8.38. The van der Waals surface area contributed by atoms with Crippen molar-refractivity contribution in [2.45, 2.75) is 54.4 Å². The fourth-order valence-corrected chi connectivity index (χ4v) is 4.71. The van der Waals surface area contributed by atoms with Crippen LogP contribution < -0.4 is 24.8 Å². The van der Waals surface area contributed by atoms with Crippen LogP contribution in [0.4, 0.5) is 0 Å². The van der Waals surface area contributed by atoms with Gasteiger partial charge in [-0.05, 0) is 21.8 Å². The second kappa shape index (κ2) is 8.14. The average molecular weight is 446 g/mol. The van der Waals surface area contributed by atoms with E-state index in [0.29, 0.717) is 11.3 Å². The zero-order valence-corrected chi connectivity index (χ0v) is 19.8. The van der Waals surface area contributed by atoms with E-state index in [1.54, 1.807) is 0 Å². The second-order valence-corrected chi connectivity index (χ2v) is 9.22. The van der Waals surface area contributed by atoms with Gasteiger partial charge in [0.1, 0.15) is 0 Å². The third-order valence-electron chi connectivity index (χ3n) is 6.29. The number of rotatable bonds is 1. The van der Waals surface area contributed by atoms with Gasteiger partial charge in [-0.25, -0.2) is 0 Å². The van der Waals surface area contributed by atoms with Gasteiger partial charge in [-0.15, -0.1) is 0 Å². The molecule has 0 nitrogen and oxygen atoms in total. The quantitative estimate of drug-likeness (QED) is 0.393. The number of hydrogen-bond donors (Lipinski definition) is 0. The molecule has 3 heteroatoms. The van der Waals surface area contributed by atoms with Gasteiger partial charge in [-0.3, -0.25) is 0 Å². The van der Waals surface area contributed by atoms with E-state index in [0.717, 1.165) is 11.8 Å². The molecule has 24 heavy (non-hydrogen) atoms. The van der Waals surface area contributed by atoms with E-state index in [4.69, 9.17) is 0 Å². The van der Waals surface area contributed by atoms with Crippen LogP contribution in [0.3, 0.4) is 0 Å². The Bertz CT molecular complexity index is 524. The smallest absolute Gasteiger partial charge is 1.00 e. The van der Waals surface area contributed by atoms with Crippen LogP contribution in [0.2, 0.25) is 0 Å². The summed E-state index contributed by atoms with van der Waals surface area (Å²) in [4.78, 5) is 0. The summed E-state index contributed by atoms with van der Waals surface area (Å²) in [5, 5.41) is 0. The summed E-state index contributed by atoms with van der Waals surface area (Å²) in [7, 11) is 0. The molecule has 0 spiro atoms. The Balaban J connectivity index is 0.00000176. The molecule has 3 rings (SSSR count). The van der Waals surface area contributed by atoms with Crippen molar-refractivity contribution in [1.29, 1.82) is 0 Å². The predicted molar refractivity (Wildman–Crippen MR) is 91.7 cm³/mol. The second-order valence-electron chi connectivity index (χ2n) is 9.22. The summed E-state index contributed by atoms with van der Waals surface area (Å²) in [6, 6.07) is 0. The Hall–Kier alpha value is 0.683. The van der Waals surface area contributed by atoms with Gasteiger partial charge >= 0.3 is 26.2 Å². The molecular weight excluding hydrogens is 414 g/mol. The maximum atomic E-state index is 2.60. The zero-order valence-electron chi connectivity index (χ0n) is 15.9. The number of hydrogen-bond acceptors (Lipinski definition) is 0. The minimum Gasteiger partial charge on any atom is -1.00 e. The minimum atomic E-state index is 0. The monoisotopic (exact) mass is 443 g/mol. The normalized spacial score (nSPS) is 36.1. The first-order valence-corrected chi connectivity index (χ1v) is 8.59. The topological polar surface area (TPSA) is 0 Å². The molecule has 3 aliphatic carbocycles. The molecule has 0 bridgehead atoms. The van der Waals surface area contributed by atoms with Gasteiger partial charge in [0.15, 0.2) is 0 Å². The maximum absolute atomic E-state index is 2.60. The van der Waals surface area contributed by atoms with Crippen molar-refractivity contribution in [3.63, 3.8) is 0 Å². The third kappa shape index (κ3) is 4.15. The molecular formula is C21H31Cl2Zr. The molecule has 0 aromatic heterocycles. The van der Waals surface area contributed by atoms with E-state index in [1.807, 2.05) is 0 Å². The first-order chi connectivity index (χ1) is 9.64. The SMILES string of the molecule is CC(C)(C)C1=CC(C2(C)C=CC(C)(C)C3[CH-]CCC32)C=C1.[Cl-].[Cl-].[Zr+3]. The van der Waals surface area contributed by atoms with Crippen molar-refractivity contribution in [3.8, 4) is 0 Å². The van der Waals surface area contributed by atoms with Crippen molar-refractivity contribution < 1.29 is 51.0 Å². The van der Waals surface area contributed by atoms with Gasteiger partial charge < -0.3 is 31.2 Å². The van der Waals surface area contributed by atoms with Gasteiger partial charge in [-0.2, -0.15) is 12.3 Å². The first kappa shape index (κ1) is 24.7. The van der Waals surface area contributed by atoms with E-state index < -0.39 is 0 Å².